The maximum atomic E-state index is 14.0. The minimum atomic E-state index is -2.72. The predicted molar refractivity (Wildman–Crippen MR) is 153 cm³/mol. The number of hydrogen-bond donors (Lipinski definition) is 5. The minimum absolute atomic E-state index is 0.0407. The lowest BCUT2D eigenvalue weighted by atomic mass is 9.57. The number of benzene rings is 2. The first kappa shape index (κ1) is 29.7. The van der Waals surface area contributed by atoms with E-state index in [1.807, 2.05) is 0 Å². The van der Waals surface area contributed by atoms with E-state index in [2.05, 4.69) is 0 Å². The fourth-order valence-corrected chi connectivity index (χ4v) is 6.64. The van der Waals surface area contributed by atoms with Gasteiger partial charge in [-0.15, -0.1) is 0 Å². The quantitative estimate of drug-likeness (QED) is 0.190. The molecular weight excluding hydrogens is 558 g/mol. The van der Waals surface area contributed by atoms with Gasteiger partial charge in [0, 0.05) is 31.1 Å². The van der Waals surface area contributed by atoms with Gasteiger partial charge in [-0.2, -0.15) is 0 Å². The van der Waals surface area contributed by atoms with Crippen LogP contribution in [0.25, 0.3) is 16.9 Å². The average Bonchev–Trinajstić information content (AvgIpc) is 2.94. The Bertz CT molecular complexity index is 1690. The van der Waals surface area contributed by atoms with Gasteiger partial charge in [0.1, 0.15) is 22.8 Å². The molecule has 2 amide bonds. The Kier molecular flexibility index (Phi) is 7.02. The van der Waals surface area contributed by atoms with Gasteiger partial charge in [0.25, 0.3) is 11.8 Å². The van der Waals surface area contributed by atoms with Crippen molar-refractivity contribution in [2.45, 2.75) is 24.5 Å². The number of amides is 2. The summed E-state index contributed by atoms with van der Waals surface area (Å²) in [6.07, 6.45) is 0.0685. The number of ketones is 3. The Hall–Kier alpha value is -4.81. The van der Waals surface area contributed by atoms with E-state index in [4.69, 9.17) is 5.73 Å². The predicted octanol–water partition coefficient (Wildman–Crippen LogP) is 0.902. The Labute approximate surface area is 246 Å². The Balaban J connectivity index is 1.64. The third-order valence-electron chi connectivity index (χ3n) is 8.66. The number of aliphatic hydroxyl groups excluding tert-OH is 2. The summed E-state index contributed by atoms with van der Waals surface area (Å²) in [5, 5.41) is 44.9. The summed E-state index contributed by atoms with van der Waals surface area (Å²) in [5.41, 5.74) is 3.31. The lowest BCUT2D eigenvalue weighted by Crippen LogP contribution is -2.65. The number of primary amides is 1. The van der Waals surface area contributed by atoms with Crippen LogP contribution >= 0.6 is 0 Å². The molecule has 3 aliphatic rings. The van der Waals surface area contributed by atoms with E-state index in [-0.39, 0.29) is 35.3 Å². The molecule has 12 heteroatoms. The Morgan fingerprint density at radius 1 is 0.953 bits per heavy atom. The second-order valence-corrected chi connectivity index (χ2v) is 11.6. The van der Waals surface area contributed by atoms with Crippen molar-refractivity contribution in [3.05, 3.63) is 70.0 Å². The molecule has 0 spiro atoms. The average molecular weight is 590 g/mol. The monoisotopic (exact) mass is 589 g/mol. The highest BCUT2D eigenvalue weighted by atomic mass is 16.3. The number of likely N-dealkylation sites (N-methyl/N-ethyl adjacent to an activating group) is 2. The van der Waals surface area contributed by atoms with E-state index in [1.165, 1.54) is 56.2 Å². The molecule has 1 fully saturated rings. The van der Waals surface area contributed by atoms with E-state index >= 15 is 0 Å². The lowest BCUT2D eigenvalue weighted by Gasteiger charge is -2.50. The number of Topliss-reactive ketones (excluding diaryl/α,β-unsaturated/α-hetero) is 3. The summed E-state index contributed by atoms with van der Waals surface area (Å²) in [4.78, 5) is 66.6. The van der Waals surface area contributed by atoms with Crippen LogP contribution in [0, 0.1) is 11.8 Å². The van der Waals surface area contributed by atoms with Crippen molar-refractivity contribution < 1.29 is 44.4 Å². The molecule has 0 heterocycles. The van der Waals surface area contributed by atoms with Crippen molar-refractivity contribution in [1.29, 1.82) is 0 Å². The molecule has 0 bridgehead atoms. The molecule has 0 saturated heterocycles. The van der Waals surface area contributed by atoms with Gasteiger partial charge in [0.15, 0.2) is 11.4 Å². The van der Waals surface area contributed by atoms with Gasteiger partial charge in [-0.3, -0.25) is 28.9 Å². The van der Waals surface area contributed by atoms with Crippen LogP contribution in [0.4, 0.5) is 0 Å². The van der Waals surface area contributed by atoms with Crippen LogP contribution in [0.15, 0.2) is 53.3 Å². The van der Waals surface area contributed by atoms with E-state index in [1.54, 1.807) is 18.2 Å². The van der Waals surface area contributed by atoms with Crippen molar-refractivity contribution in [2.24, 2.45) is 17.6 Å². The van der Waals surface area contributed by atoms with Gasteiger partial charge in [0.05, 0.1) is 11.6 Å². The number of aromatic hydroxyl groups is 1. The van der Waals surface area contributed by atoms with Crippen LogP contribution in [0.5, 0.6) is 5.75 Å². The summed E-state index contributed by atoms with van der Waals surface area (Å²) < 4.78 is 0. The first-order valence-corrected chi connectivity index (χ1v) is 13.5. The topological polar surface area (TPSA) is 199 Å². The van der Waals surface area contributed by atoms with Gasteiger partial charge in [-0.1, -0.05) is 30.3 Å². The van der Waals surface area contributed by atoms with Crippen LogP contribution in [0.2, 0.25) is 0 Å². The zero-order valence-corrected chi connectivity index (χ0v) is 23.9. The zero-order valence-electron chi connectivity index (χ0n) is 23.9. The van der Waals surface area contributed by atoms with Crippen molar-refractivity contribution in [1.82, 2.24) is 9.80 Å². The molecule has 2 aromatic carbocycles. The van der Waals surface area contributed by atoms with E-state index < -0.39 is 69.7 Å². The molecule has 43 heavy (non-hydrogen) atoms. The molecule has 4 atom stereocenters. The molecule has 224 valence electrons. The molecular formula is C31H31N3O9. The van der Waals surface area contributed by atoms with Crippen LogP contribution in [-0.4, -0.2) is 99.2 Å². The number of fused-ring (bicyclic) bond motifs is 3. The van der Waals surface area contributed by atoms with E-state index in [9.17, 15) is 44.4 Å². The third-order valence-corrected chi connectivity index (χ3v) is 8.66. The Morgan fingerprint density at radius 2 is 1.58 bits per heavy atom. The zero-order chi connectivity index (χ0) is 31.7. The lowest BCUT2D eigenvalue weighted by molar-refractivity contribution is -0.153. The van der Waals surface area contributed by atoms with Crippen molar-refractivity contribution in [3.8, 4) is 16.9 Å². The normalized spacial score (nSPS) is 24.8. The summed E-state index contributed by atoms with van der Waals surface area (Å²) in [6.45, 7) is 0. The van der Waals surface area contributed by atoms with Crippen molar-refractivity contribution in [2.75, 3.05) is 28.2 Å². The molecule has 1 unspecified atom stereocenters. The van der Waals surface area contributed by atoms with Gasteiger partial charge in [0.2, 0.25) is 11.6 Å². The van der Waals surface area contributed by atoms with Crippen LogP contribution in [0.1, 0.15) is 27.9 Å². The molecule has 0 radical (unpaired) electrons. The maximum absolute atomic E-state index is 14.0. The molecule has 0 aromatic heterocycles. The number of phenols is 1. The largest absolute Gasteiger partial charge is 0.508 e. The van der Waals surface area contributed by atoms with E-state index in [0.29, 0.717) is 16.7 Å². The number of carbonyl (C=O) groups is 5. The molecule has 12 nitrogen and oxygen atoms in total. The summed E-state index contributed by atoms with van der Waals surface area (Å²) in [6, 6.07) is 8.00. The fraction of sp³-hybridized carbons (Fsp3) is 0.323. The summed E-state index contributed by atoms with van der Waals surface area (Å²) in [7, 11) is 6.01. The highest BCUT2D eigenvalue weighted by molar-refractivity contribution is 6.42. The minimum Gasteiger partial charge on any atom is -0.508 e. The molecule has 5 rings (SSSR count). The second-order valence-electron chi connectivity index (χ2n) is 11.6. The number of carbonyl (C=O) groups excluding carboxylic acids is 5. The maximum Gasteiger partial charge on any atom is 0.294 e. The fourth-order valence-electron chi connectivity index (χ4n) is 6.64. The standard InChI is InChI=1S/C31H31N3O9/c1-33(2)23-18-12-15-11-17-16(13-5-7-14(8-6-13)24(36)30(42)34(3)4)9-10-19(35)21(17)25(37)20(15)27(39)31(18,43)28(40)22(26(23)38)29(32)41/h5-10,15,18,23,35,37,40,43H,11-12H2,1-4H3,(H2,32,41)/t15-,18+,23?,31+/m1/s1. The highest BCUT2D eigenvalue weighted by Gasteiger charge is 2.64. The smallest absolute Gasteiger partial charge is 0.294 e. The number of nitrogens with two attached hydrogens (primary N) is 1. The first-order valence-electron chi connectivity index (χ1n) is 13.5. The number of rotatable bonds is 5. The van der Waals surface area contributed by atoms with Crippen molar-refractivity contribution >= 4 is 34.9 Å². The third kappa shape index (κ3) is 4.24. The molecule has 1 saturated carbocycles. The Morgan fingerprint density at radius 3 is 2.14 bits per heavy atom. The van der Waals surface area contributed by atoms with Gasteiger partial charge >= 0.3 is 0 Å². The van der Waals surface area contributed by atoms with Gasteiger partial charge < -0.3 is 31.1 Å². The van der Waals surface area contributed by atoms with Crippen LogP contribution in [-0.2, 0) is 25.6 Å². The number of hydrogen-bond acceptors (Lipinski definition) is 10. The molecule has 2 aromatic rings. The first-order chi connectivity index (χ1) is 20.1. The molecule has 0 aliphatic heterocycles. The van der Waals surface area contributed by atoms with Gasteiger partial charge in [-0.05, 0) is 55.6 Å². The van der Waals surface area contributed by atoms with E-state index in [0.717, 1.165) is 0 Å². The van der Waals surface area contributed by atoms with Crippen molar-refractivity contribution in [3.63, 3.8) is 0 Å². The highest BCUT2D eigenvalue weighted by Crippen LogP contribution is 2.53. The van der Waals surface area contributed by atoms with Gasteiger partial charge in [-0.25, -0.2) is 0 Å². The summed E-state index contributed by atoms with van der Waals surface area (Å²) >= 11 is 0. The SMILES string of the molecule is CN(C)C(=O)C(=O)c1ccc(-c2ccc(O)c3c2C[C@@H]2C[C@H]4C(N(C)C)C(=O)C(C(N)=O)=C(O)[C@@]4(O)C(=O)C2=C3O)cc1. The molecule has 3 aliphatic carbocycles. The number of nitrogens with zero attached hydrogens (tertiary/aromatic N) is 2. The van der Waals surface area contributed by atoms with Crippen LogP contribution in [0.3, 0.4) is 0 Å². The summed E-state index contributed by atoms with van der Waals surface area (Å²) in [5.74, 6) is -8.59. The van der Waals surface area contributed by atoms with Crippen LogP contribution < -0.4 is 5.73 Å². The number of aliphatic hydroxyl groups is 3. The number of phenolic OH excluding ortho intramolecular Hbond substituents is 1. The molecule has 6 N–H and O–H groups in total. The second kappa shape index (κ2) is 10.2.